The molecule has 3 aromatic rings. The van der Waals surface area contributed by atoms with Gasteiger partial charge in [-0.25, -0.2) is 9.97 Å². The summed E-state index contributed by atoms with van der Waals surface area (Å²) < 4.78 is 5.11. The summed E-state index contributed by atoms with van der Waals surface area (Å²) in [5, 5.41) is 13.0. The highest BCUT2D eigenvalue weighted by atomic mass is 16.5. The van der Waals surface area contributed by atoms with Crippen LogP contribution in [0.25, 0.3) is 0 Å². The van der Waals surface area contributed by atoms with Crippen LogP contribution in [0.3, 0.4) is 0 Å². The third kappa shape index (κ3) is 3.46. The van der Waals surface area contributed by atoms with Gasteiger partial charge in [0.05, 0.1) is 37.2 Å². The average molecular weight is 412 g/mol. The van der Waals surface area contributed by atoms with Crippen molar-refractivity contribution in [1.29, 1.82) is 5.26 Å². The number of piperidine rings is 1. The SMILES string of the molecule is COc1cnc(NC2CCN3c4ccc(C#N)cc4[C@@H](C)c4ccccc4[C@@H]3C2)cn1. The Morgan fingerprint density at radius 3 is 2.68 bits per heavy atom. The van der Waals surface area contributed by atoms with Crippen molar-refractivity contribution >= 4 is 11.5 Å². The quantitative estimate of drug-likeness (QED) is 0.677. The number of ether oxygens (including phenoxy) is 1. The molecule has 31 heavy (non-hydrogen) atoms. The highest BCUT2D eigenvalue weighted by Gasteiger charge is 2.36. The van der Waals surface area contributed by atoms with Gasteiger partial charge in [0.25, 0.3) is 0 Å². The second kappa shape index (κ2) is 7.92. The van der Waals surface area contributed by atoms with Crippen molar-refractivity contribution < 1.29 is 4.74 Å². The lowest BCUT2D eigenvalue weighted by molar-refractivity contribution is 0.395. The maximum absolute atomic E-state index is 9.44. The number of hydrogen-bond acceptors (Lipinski definition) is 6. The Bertz CT molecular complexity index is 1140. The molecule has 1 N–H and O–H groups in total. The zero-order chi connectivity index (χ0) is 21.4. The van der Waals surface area contributed by atoms with Crippen LogP contribution >= 0.6 is 0 Å². The van der Waals surface area contributed by atoms with E-state index in [9.17, 15) is 5.26 Å². The van der Waals surface area contributed by atoms with Crippen LogP contribution in [-0.4, -0.2) is 29.7 Å². The summed E-state index contributed by atoms with van der Waals surface area (Å²) in [5.74, 6) is 1.53. The van der Waals surface area contributed by atoms with Gasteiger partial charge in [-0.1, -0.05) is 31.2 Å². The maximum Gasteiger partial charge on any atom is 0.232 e. The lowest BCUT2D eigenvalue weighted by Crippen LogP contribution is -2.41. The number of nitrogens with zero attached hydrogens (tertiary/aromatic N) is 4. The molecule has 2 aliphatic rings. The molecule has 6 nitrogen and oxygen atoms in total. The predicted molar refractivity (Wildman–Crippen MR) is 120 cm³/mol. The van der Waals surface area contributed by atoms with E-state index in [1.54, 1.807) is 19.5 Å². The number of aromatic nitrogens is 2. The van der Waals surface area contributed by atoms with Gasteiger partial charge >= 0.3 is 0 Å². The van der Waals surface area contributed by atoms with Crippen molar-refractivity contribution in [3.63, 3.8) is 0 Å². The van der Waals surface area contributed by atoms with Crippen LogP contribution in [-0.2, 0) is 0 Å². The van der Waals surface area contributed by atoms with E-state index >= 15 is 0 Å². The van der Waals surface area contributed by atoms with Gasteiger partial charge in [-0.3, -0.25) is 0 Å². The first kappa shape index (κ1) is 19.4. The van der Waals surface area contributed by atoms with Crippen molar-refractivity contribution in [2.24, 2.45) is 0 Å². The van der Waals surface area contributed by atoms with Crippen LogP contribution < -0.4 is 15.0 Å². The molecular weight excluding hydrogens is 386 g/mol. The Hall–Kier alpha value is -3.59. The molecule has 1 unspecified atom stereocenters. The van der Waals surface area contributed by atoms with E-state index in [2.05, 4.69) is 69.6 Å². The summed E-state index contributed by atoms with van der Waals surface area (Å²) in [6.07, 6.45) is 5.34. The van der Waals surface area contributed by atoms with E-state index in [-0.39, 0.29) is 12.0 Å². The Balaban J connectivity index is 1.50. The minimum Gasteiger partial charge on any atom is -0.480 e. The van der Waals surface area contributed by atoms with Gasteiger partial charge in [-0.15, -0.1) is 0 Å². The van der Waals surface area contributed by atoms with Gasteiger partial charge < -0.3 is 15.0 Å². The van der Waals surface area contributed by atoms with Crippen molar-refractivity contribution in [2.45, 2.75) is 37.8 Å². The zero-order valence-electron chi connectivity index (χ0n) is 17.7. The molecule has 5 rings (SSSR count). The first-order chi connectivity index (χ1) is 15.2. The molecule has 0 bridgehead atoms. The van der Waals surface area contributed by atoms with E-state index < -0.39 is 0 Å². The maximum atomic E-state index is 9.44. The van der Waals surface area contributed by atoms with E-state index in [0.29, 0.717) is 11.9 Å². The molecule has 3 atom stereocenters. The summed E-state index contributed by atoms with van der Waals surface area (Å²) in [4.78, 5) is 11.2. The smallest absolute Gasteiger partial charge is 0.232 e. The Morgan fingerprint density at radius 1 is 1.10 bits per heavy atom. The average Bonchev–Trinajstić information content (AvgIpc) is 2.93. The van der Waals surface area contributed by atoms with Crippen LogP contribution in [0.2, 0.25) is 0 Å². The molecule has 3 heterocycles. The highest BCUT2D eigenvalue weighted by Crippen LogP contribution is 2.46. The molecule has 1 saturated heterocycles. The van der Waals surface area contributed by atoms with Crippen LogP contribution in [0.5, 0.6) is 5.88 Å². The van der Waals surface area contributed by atoms with Crippen LogP contribution in [0.4, 0.5) is 11.5 Å². The topological polar surface area (TPSA) is 74.1 Å². The summed E-state index contributed by atoms with van der Waals surface area (Å²) in [5.41, 5.74) is 5.92. The van der Waals surface area contributed by atoms with Crippen molar-refractivity contribution in [3.8, 4) is 11.9 Å². The Kier molecular flexibility index (Phi) is 4.95. The molecular formula is C25H25N5O. The minimum absolute atomic E-state index is 0.240. The lowest BCUT2D eigenvalue weighted by Gasteiger charge is -2.41. The molecule has 2 aliphatic heterocycles. The fourth-order valence-corrected chi connectivity index (χ4v) is 4.99. The van der Waals surface area contributed by atoms with Gasteiger partial charge in [0.1, 0.15) is 5.82 Å². The molecule has 0 aliphatic carbocycles. The van der Waals surface area contributed by atoms with Crippen molar-refractivity contribution in [2.75, 3.05) is 23.9 Å². The fourth-order valence-electron chi connectivity index (χ4n) is 4.99. The fraction of sp³-hybridized carbons (Fsp3) is 0.320. The second-order valence-corrected chi connectivity index (χ2v) is 8.25. The number of methoxy groups -OCH3 is 1. The number of anilines is 2. The van der Waals surface area contributed by atoms with E-state index in [0.717, 1.165) is 30.8 Å². The third-order valence-corrected chi connectivity index (χ3v) is 6.55. The molecule has 1 aromatic heterocycles. The summed E-state index contributed by atoms with van der Waals surface area (Å²) in [7, 11) is 1.59. The first-order valence-corrected chi connectivity index (χ1v) is 10.7. The molecule has 2 aromatic carbocycles. The normalized spacial score (nSPS) is 21.7. The van der Waals surface area contributed by atoms with Crippen LogP contribution in [0.1, 0.15) is 54.0 Å². The molecule has 0 radical (unpaired) electrons. The zero-order valence-corrected chi connectivity index (χ0v) is 17.7. The lowest BCUT2D eigenvalue weighted by atomic mass is 9.86. The Labute approximate surface area is 182 Å². The van der Waals surface area contributed by atoms with E-state index in [1.165, 1.54) is 22.4 Å². The first-order valence-electron chi connectivity index (χ1n) is 10.7. The van der Waals surface area contributed by atoms with Gasteiger partial charge in [-0.2, -0.15) is 5.26 Å². The van der Waals surface area contributed by atoms with Crippen LogP contribution in [0.15, 0.2) is 54.9 Å². The number of nitrogens with one attached hydrogen (secondary N) is 1. The molecule has 0 spiro atoms. The molecule has 6 heteroatoms. The number of rotatable bonds is 3. The van der Waals surface area contributed by atoms with Gasteiger partial charge in [-0.05, 0) is 47.7 Å². The second-order valence-electron chi connectivity index (χ2n) is 8.25. The van der Waals surface area contributed by atoms with Crippen molar-refractivity contribution in [1.82, 2.24) is 9.97 Å². The Morgan fingerprint density at radius 2 is 1.94 bits per heavy atom. The number of benzene rings is 2. The molecule has 0 amide bonds. The van der Waals surface area contributed by atoms with Gasteiger partial charge in [0, 0.05) is 24.2 Å². The number of fused-ring (bicyclic) bond motifs is 5. The summed E-state index contributed by atoms with van der Waals surface area (Å²) >= 11 is 0. The van der Waals surface area contributed by atoms with Gasteiger partial charge in [0.15, 0.2) is 0 Å². The minimum atomic E-state index is 0.240. The van der Waals surface area contributed by atoms with E-state index in [1.807, 2.05) is 6.07 Å². The largest absolute Gasteiger partial charge is 0.480 e. The van der Waals surface area contributed by atoms with Crippen LogP contribution in [0, 0.1) is 11.3 Å². The standard InChI is InChI=1S/C25H25N5O/c1-16-19-5-3-4-6-20(19)23-12-18(29-24-14-28-25(31-2)15-27-24)9-10-30(23)22-8-7-17(13-26)11-21(16)22/h3-8,11,14-16,18,23H,9-10,12H2,1-2H3,(H,27,29)/t16-,18?,23-/m0/s1. The van der Waals surface area contributed by atoms with E-state index in [4.69, 9.17) is 4.74 Å². The highest BCUT2D eigenvalue weighted by molar-refractivity contribution is 5.64. The summed E-state index contributed by atoms with van der Waals surface area (Å²) in [6, 6.07) is 17.8. The predicted octanol–water partition coefficient (Wildman–Crippen LogP) is 4.64. The van der Waals surface area contributed by atoms with Gasteiger partial charge in [0.2, 0.25) is 5.88 Å². The monoisotopic (exact) mass is 411 g/mol. The summed E-state index contributed by atoms with van der Waals surface area (Å²) in [6.45, 7) is 3.19. The molecule has 1 fully saturated rings. The third-order valence-electron chi connectivity index (χ3n) is 6.55. The molecule has 0 saturated carbocycles. The molecule has 156 valence electrons. The van der Waals surface area contributed by atoms with Crippen molar-refractivity contribution in [3.05, 3.63) is 77.1 Å². The number of hydrogen-bond donors (Lipinski definition) is 1. The number of nitriles is 1.